The van der Waals surface area contributed by atoms with Gasteiger partial charge in [0, 0.05) is 23.6 Å². The van der Waals surface area contributed by atoms with Crippen molar-refractivity contribution in [2.24, 2.45) is 0 Å². The maximum Gasteiger partial charge on any atom is 0.323 e. The van der Waals surface area contributed by atoms with Gasteiger partial charge in [-0.1, -0.05) is 18.2 Å². The molecule has 1 saturated heterocycles. The number of urea groups is 1. The zero-order valence-corrected chi connectivity index (χ0v) is 16.7. The molecule has 8 nitrogen and oxygen atoms in total. The molecule has 1 unspecified atom stereocenters. The average molecular weight is 418 g/mol. The van der Waals surface area contributed by atoms with Gasteiger partial charge < -0.3 is 25.3 Å². The van der Waals surface area contributed by atoms with E-state index in [2.05, 4.69) is 16.0 Å². The van der Waals surface area contributed by atoms with E-state index in [-0.39, 0.29) is 23.6 Å². The van der Waals surface area contributed by atoms with Gasteiger partial charge in [-0.2, -0.15) is 0 Å². The first kappa shape index (κ1) is 20.2. The molecule has 1 aliphatic heterocycles. The van der Waals surface area contributed by atoms with Crippen LogP contribution in [0.2, 0.25) is 0 Å². The van der Waals surface area contributed by atoms with Gasteiger partial charge in [0.25, 0.3) is 5.91 Å². The number of likely N-dealkylation sites (tertiary alicyclic amines) is 1. The van der Waals surface area contributed by atoms with Crippen LogP contribution in [0.4, 0.5) is 21.9 Å². The molecule has 158 valence electrons. The summed E-state index contributed by atoms with van der Waals surface area (Å²) >= 11 is 0. The minimum atomic E-state index is -0.549. The number of para-hydroxylation sites is 1. The lowest BCUT2D eigenvalue weighted by atomic mass is 10.2. The monoisotopic (exact) mass is 418 g/mol. The van der Waals surface area contributed by atoms with E-state index in [9.17, 15) is 14.4 Å². The van der Waals surface area contributed by atoms with E-state index >= 15 is 0 Å². The molecule has 1 aromatic heterocycles. The van der Waals surface area contributed by atoms with Crippen molar-refractivity contribution < 1.29 is 18.8 Å². The molecule has 0 bridgehead atoms. The molecule has 0 aliphatic carbocycles. The second kappa shape index (κ2) is 9.17. The van der Waals surface area contributed by atoms with Gasteiger partial charge in [0.15, 0.2) is 5.76 Å². The lowest BCUT2D eigenvalue weighted by Gasteiger charge is -2.23. The third-order valence-electron chi connectivity index (χ3n) is 4.99. The molecular formula is C23H22N4O4. The van der Waals surface area contributed by atoms with Gasteiger partial charge in [0.2, 0.25) is 5.91 Å². The number of nitrogens with one attached hydrogen (secondary N) is 3. The first-order valence-electron chi connectivity index (χ1n) is 9.98. The third kappa shape index (κ3) is 4.92. The maximum absolute atomic E-state index is 12.7. The van der Waals surface area contributed by atoms with E-state index in [0.29, 0.717) is 30.0 Å². The summed E-state index contributed by atoms with van der Waals surface area (Å²) in [7, 11) is 0. The van der Waals surface area contributed by atoms with Crippen LogP contribution < -0.4 is 16.0 Å². The highest BCUT2D eigenvalue weighted by atomic mass is 16.3. The molecule has 3 aromatic rings. The Labute approximate surface area is 179 Å². The van der Waals surface area contributed by atoms with Crippen molar-refractivity contribution in [2.75, 3.05) is 22.5 Å². The zero-order valence-electron chi connectivity index (χ0n) is 16.7. The topological polar surface area (TPSA) is 104 Å². The highest BCUT2D eigenvalue weighted by Gasteiger charge is 2.35. The molecule has 0 spiro atoms. The Morgan fingerprint density at radius 2 is 1.45 bits per heavy atom. The van der Waals surface area contributed by atoms with Crippen LogP contribution in [0, 0.1) is 0 Å². The molecule has 4 amide bonds. The number of benzene rings is 2. The lowest BCUT2D eigenvalue weighted by molar-refractivity contribution is -0.119. The molecule has 1 aliphatic rings. The van der Waals surface area contributed by atoms with E-state index in [4.69, 9.17) is 4.42 Å². The van der Waals surface area contributed by atoms with Crippen LogP contribution in [-0.4, -0.2) is 35.3 Å². The predicted molar refractivity (Wildman–Crippen MR) is 117 cm³/mol. The number of anilines is 3. The molecule has 0 radical (unpaired) electrons. The molecule has 2 heterocycles. The number of hydrogen-bond donors (Lipinski definition) is 3. The summed E-state index contributed by atoms with van der Waals surface area (Å²) in [5.74, 6) is -0.310. The summed E-state index contributed by atoms with van der Waals surface area (Å²) in [6, 6.07) is 18.2. The van der Waals surface area contributed by atoms with Gasteiger partial charge >= 0.3 is 6.03 Å². The molecule has 1 fully saturated rings. The lowest BCUT2D eigenvalue weighted by Crippen LogP contribution is -2.43. The van der Waals surface area contributed by atoms with Crippen LogP contribution in [0.5, 0.6) is 0 Å². The number of furan rings is 1. The standard InChI is InChI=1S/C23H22N4O4/c28-21(19-8-4-14-27(19)22(29)20-9-5-15-31-20)24-17-10-12-18(13-11-17)26-23(30)25-16-6-2-1-3-7-16/h1-3,5-7,9-13,15,19H,4,8,14H2,(H,24,28)(H2,25,26,30). The highest BCUT2D eigenvalue weighted by molar-refractivity contribution is 6.01. The zero-order chi connectivity index (χ0) is 21.6. The van der Waals surface area contributed by atoms with E-state index in [1.54, 1.807) is 48.5 Å². The number of rotatable bonds is 5. The predicted octanol–water partition coefficient (Wildman–Crippen LogP) is 4.17. The van der Waals surface area contributed by atoms with Gasteiger partial charge in [0.05, 0.1) is 6.26 Å². The molecule has 4 rings (SSSR count). The first-order valence-corrected chi connectivity index (χ1v) is 9.98. The smallest absolute Gasteiger partial charge is 0.323 e. The third-order valence-corrected chi connectivity index (χ3v) is 4.99. The largest absolute Gasteiger partial charge is 0.459 e. The molecule has 1 atom stereocenters. The van der Waals surface area contributed by atoms with Gasteiger partial charge in [-0.3, -0.25) is 9.59 Å². The van der Waals surface area contributed by atoms with Crippen LogP contribution in [-0.2, 0) is 4.79 Å². The molecule has 0 saturated carbocycles. The molecule has 31 heavy (non-hydrogen) atoms. The van der Waals surface area contributed by atoms with E-state index in [0.717, 1.165) is 6.42 Å². The fraction of sp³-hybridized carbons (Fsp3) is 0.174. The molecule has 3 N–H and O–H groups in total. The van der Waals surface area contributed by atoms with Crippen molar-refractivity contribution in [2.45, 2.75) is 18.9 Å². The molecule has 2 aromatic carbocycles. The summed E-state index contributed by atoms with van der Waals surface area (Å²) in [5.41, 5.74) is 1.85. The van der Waals surface area contributed by atoms with Gasteiger partial charge in [-0.25, -0.2) is 4.79 Å². The number of nitrogens with zero attached hydrogens (tertiary/aromatic N) is 1. The molecule has 8 heteroatoms. The van der Waals surface area contributed by atoms with Gasteiger partial charge in [-0.15, -0.1) is 0 Å². The quantitative estimate of drug-likeness (QED) is 0.579. The Kier molecular flexibility index (Phi) is 5.98. The summed E-state index contributed by atoms with van der Waals surface area (Å²) in [6.07, 6.45) is 2.79. The summed E-state index contributed by atoms with van der Waals surface area (Å²) in [6.45, 7) is 0.511. The number of hydrogen-bond acceptors (Lipinski definition) is 4. The van der Waals surface area contributed by atoms with Crippen molar-refractivity contribution >= 4 is 34.9 Å². The van der Waals surface area contributed by atoms with Crippen LogP contribution >= 0.6 is 0 Å². The van der Waals surface area contributed by atoms with Crippen LogP contribution in [0.25, 0.3) is 0 Å². The van der Waals surface area contributed by atoms with Gasteiger partial charge in [-0.05, 0) is 61.4 Å². The Morgan fingerprint density at radius 3 is 2.10 bits per heavy atom. The average Bonchev–Trinajstić information content (AvgIpc) is 3.48. The number of carbonyl (C=O) groups is 3. The fourth-order valence-electron chi connectivity index (χ4n) is 3.50. The highest BCUT2D eigenvalue weighted by Crippen LogP contribution is 2.22. The Balaban J connectivity index is 1.33. The van der Waals surface area contributed by atoms with Gasteiger partial charge in [0.1, 0.15) is 6.04 Å². The maximum atomic E-state index is 12.7. The summed E-state index contributed by atoms with van der Waals surface area (Å²) in [4.78, 5) is 38.9. The minimum Gasteiger partial charge on any atom is -0.459 e. The summed E-state index contributed by atoms with van der Waals surface area (Å²) < 4.78 is 5.17. The minimum absolute atomic E-state index is 0.226. The van der Waals surface area contributed by atoms with Crippen LogP contribution in [0.1, 0.15) is 23.4 Å². The molecular weight excluding hydrogens is 396 g/mol. The Bertz CT molecular complexity index is 1050. The SMILES string of the molecule is O=C(Nc1ccccc1)Nc1ccc(NC(=O)C2CCCN2C(=O)c2ccco2)cc1. The van der Waals surface area contributed by atoms with Crippen LogP contribution in [0.15, 0.2) is 77.4 Å². The van der Waals surface area contributed by atoms with Crippen molar-refractivity contribution in [3.63, 3.8) is 0 Å². The van der Waals surface area contributed by atoms with Crippen LogP contribution in [0.3, 0.4) is 0 Å². The Morgan fingerprint density at radius 1 is 0.806 bits per heavy atom. The summed E-state index contributed by atoms with van der Waals surface area (Å²) in [5, 5.41) is 8.32. The Hall–Kier alpha value is -4.07. The van der Waals surface area contributed by atoms with Crippen molar-refractivity contribution in [1.82, 2.24) is 4.90 Å². The second-order valence-corrected chi connectivity index (χ2v) is 7.15. The van der Waals surface area contributed by atoms with E-state index < -0.39 is 6.04 Å². The normalized spacial score (nSPS) is 15.4. The van der Waals surface area contributed by atoms with Crippen molar-refractivity contribution in [3.8, 4) is 0 Å². The second-order valence-electron chi connectivity index (χ2n) is 7.15. The number of amides is 4. The number of carbonyl (C=O) groups excluding carboxylic acids is 3. The van der Waals surface area contributed by atoms with Crippen molar-refractivity contribution in [1.29, 1.82) is 0 Å². The fourth-order valence-corrected chi connectivity index (χ4v) is 3.50. The van der Waals surface area contributed by atoms with Crippen molar-refractivity contribution in [3.05, 3.63) is 78.8 Å². The first-order chi connectivity index (χ1) is 15.1. The van der Waals surface area contributed by atoms with E-state index in [1.165, 1.54) is 11.2 Å². The van der Waals surface area contributed by atoms with E-state index in [1.807, 2.05) is 18.2 Å².